The summed E-state index contributed by atoms with van der Waals surface area (Å²) >= 11 is 0. The number of fused-ring (bicyclic) bond motifs is 1. The van der Waals surface area contributed by atoms with Gasteiger partial charge < -0.3 is 15.0 Å². The maximum absolute atomic E-state index is 13.1. The number of hydrogen-bond acceptors (Lipinski definition) is 6. The molecule has 1 N–H and O–H groups in total. The van der Waals surface area contributed by atoms with Crippen molar-refractivity contribution in [2.45, 2.75) is 37.1 Å². The number of benzene rings is 2. The van der Waals surface area contributed by atoms with Crippen molar-refractivity contribution >= 4 is 27.7 Å². The van der Waals surface area contributed by atoms with Gasteiger partial charge in [-0.25, -0.2) is 0 Å². The van der Waals surface area contributed by atoms with Gasteiger partial charge in [0.1, 0.15) is 10.9 Å². The Morgan fingerprint density at radius 2 is 1.88 bits per heavy atom. The van der Waals surface area contributed by atoms with E-state index in [1.807, 2.05) is 30.3 Å². The summed E-state index contributed by atoms with van der Waals surface area (Å²) in [4.78, 5) is 27.5. The van der Waals surface area contributed by atoms with Crippen LogP contribution >= 0.6 is 0 Å². The molecule has 2 aromatic rings. The lowest BCUT2D eigenvalue weighted by Gasteiger charge is -2.26. The number of ether oxygens (including phenoxy) is 1. The fourth-order valence-electron chi connectivity index (χ4n) is 4.33. The van der Waals surface area contributed by atoms with Crippen molar-refractivity contribution in [2.75, 3.05) is 19.7 Å². The highest BCUT2D eigenvalue weighted by atomic mass is 32.2. The summed E-state index contributed by atoms with van der Waals surface area (Å²) in [6.07, 6.45) is 1.77. The Morgan fingerprint density at radius 3 is 2.64 bits per heavy atom. The van der Waals surface area contributed by atoms with Gasteiger partial charge in [-0.3, -0.25) is 9.59 Å². The molecule has 2 aliphatic heterocycles. The first-order valence-electron chi connectivity index (χ1n) is 11.1. The number of esters is 1. The fourth-order valence-corrected chi connectivity index (χ4v) is 5.54. The maximum Gasteiger partial charge on any atom is 0.311 e. The summed E-state index contributed by atoms with van der Waals surface area (Å²) in [6, 6.07) is 15.7. The molecule has 2 atom stereocenters. The van der Waals surface area contributed by atoms with Gasteiger partial charge in [-0.1, -0.05) is 42.5 Å². The smallest absolute Gasteiger partial charge is 0.311 e. The highest BCUT2D eigenvalue weighted by Crippen LogP contribution is 2.31. The molecule has 0 radical (unpaired) electrons. The normalized spacial score (nSPS) is 19.5. The average molecular weight is 470 g/mol. The number of sulfonamides is 1. The van der Waals surface area contributed by atoms with Gasteiger partial charge in [-0.05, 0) is 43.9 Å². The third kappa shape index (κ3) is 4.93. The molecule has 2 aliphatic rings. The van der Waals surface area contributed by atoms with Crippen molar-refractivity contribution in [2.24, 2.45) is 10.3 Å². The van der Waals surface area contributed by atoms with E-state index < -0.39 is 22.0 Å². The number of amides is 1. The zero-order valence-electron chi connectivity index (χ0n) is 18.4. The lowest BCUT2D eigenvalue weighted by Crippen LogP contribution is -2.47. The second kappa shape index (κ2) is 9.74. The largest absolute Gasteiger partial charge is 0.466 e. The Hall–Kier alpha value is -3.20. The van der Waals surface area contributed by atoms with Gasteiger partial charge in [0, 0.05) is 18.7 Å². The molecule has 1 saturated heterocycles. The molecule has 8 nitrogen and oxygen atoms in total. The first-order chi connectivity index (χ1) is 15.9. The number of nitrogens with one attached hydrogen (secondary N) is 1. The van der Waals surface area contributed by atoms with Gasteiger partial charge in [0.15, 0.2) is 5.84 Å². The van der Waals surface area contributed by atoms with Crippen molar-refractivity contribution < 1.29 is 22.7 Å². The van der Waals surface area contributed by atoms with E-state index in [-0.39, 0.29) is 29.9 Å². The Labute approximate surface area is 193 Å². The van der Waals surface area contributed by atoms with Crippen LogP contribution in [0.5, 0.6) is 0 Å². The number of likely N-dealkylation sites (tertiary alicyclic amines) is 1. The van der Waals surface area contributed by atoms with Gasteiger partial charge in [0.05, 0.1) is 12.5 Å². The minimum Gasteiger partial charge on any atom is -0.466 e. The van der Waals surface area contributed by atoms with Crippen LogP contribution in [0.1, 0.15) is 30.9 Å². The third-order valence-electron chi connectivity index (χ3n) is 5.91. The molecular weight excluding hydrogens is 442 g/mol. The van der Waals surface area contributed by atoms with Crippen molar-refractivity contribution in [1.82, 2.24) is 10.2 Å². The van der Waals surface area contributed by atoms with Crippen LogP contribution in [0, 0.1) is 5.92 Å². The number of hydrogen-bond donors (Lipinski definition) is 1. The number of carbonyl (C=O) groups is 2. The van der Waals surface area contributed by atoms with Crippen LogP contribution in [0.15, 0.2) is 63.9 Å². The Bertz CT molecular complexity index is 1160. The summed E-state index contributed by atoms with van der Waals surface area (Å²) in [5.74, 6) is -0.810. The number of rotatable bonds is 7. The van der Waals surface area contributed by atoms with E-state index in [1.54, 1.807) is 30.0 Å². The summed E-state index contributed by atoms with van der Waals surface area (Å²) < 4.78 is 34.1. The molecule has 0 spiro atoms. The minimum absolute atomic E-state index is 0.137. The van der Waals surface area contributed by atoms with Crippen molar-refractivity contribution in [3.05, 3.63) is 65.7 Å². The summed E-state index contributed by atoms with van der Waals surface area (Å²) in [5, 5.41) is 2.90. The van der Waals surface area contributed by atoms with Gasteiger partial charge in [-0.2, -0.15) is 8.42 Å². The molecule has 9 heteroatoms. The second-order valence-electron chi connectivity index (χ2n) is 8.12. The zero-order valence-corrected chi connectivity index (χ0v) is 19.3. The summed E-state index contributed by atoms with van der Waals surface area (Å²) in [7, 11) is -3.77. The highest BCUT2D eigenvalue weighted by molar-refractivity contribution is 7.90. The number of amidine groups is 1. The third-order valence-corrected chi connectivity index (χ3v) is 7.23. The number of nitrogens with zero attached hydrogens (tertiary/aromatic N) is 2. The standard InChI is InChI=1S/C24H27N3O5S/c1-2-32-24(29)18(15-17-9-4-3-5-10-17)16-25-23(28)20-12-8-14-27(20)22-19-11-6-7-13-21(19)33(30,31)26-22/h3-7,9-11,13,18,20H,2,8,12,14-16H2,1H3,(H,25,28)/t18?,20-/m0/s1. The molecular formula is C24H27N3O5S. The molecule has 1 unspecified atom stereocenters. The first-order valence-corrected chi connectivity index (χ1v) is 12.5. The van der Waals surface area contributed by atoms with Crippen molar-refractivity contribution in [3.8, 4) is 0 Å². The molecule has 33 heavy (non-hydrogen) atoms. The molecule has 0 bridgehead atoms. The van der Waals surface area contributed by atoms with Gasteiger partial charge in [0.25, 0.3) is 10.0 Å². The van der Waals surface area contributed by atoms with Gasteiger partial charge in [-0.15, -0.1) is 4.40 Å². The van der Waals surface area contributed by atoms with Crippen LogP contribution in [-0.4, -0.2) is 56.8 Å². The van der Waals surface area contributed by atoms with Crippen LogP contribution < -0.4 is 5.32 Å². The second-order valence-corrected chi connectivity index (χ2v) is 9.69. The predicted molar refractivity (Wildman–Crippen MR) is 123 cm³/mol. The lowest BCUT2D eigenvalue weighted by atomic mass is 9.99. The minimum atomic E-state index is -3.77. The molecule has 0 aliphatic carbocycles. The van der Waals surface area contributed by atoms with E-state index in [2.05, 4.69) is 9.71 Å². The highest BCUT2D eigenvalue weighted by Gasteiger charge is 2.39. The zero-order chi connectivity index (χ0) is 23.4. The monoisotopic (exact) mass is 469 g/mol. The molecule has 4 rings (SSSR count). The van der Waals surface area contributed by atoms with E-state index in [0.717, 1.165) is 12.0 Å². The number of carbonyl (C=O) groups excluding carboxylic acids is 2. The molecule has 174 valence electrons. The van der Waals surface area contributed by atoms with Crippen LogP contribution in [-0.2, 0) is 30.8 Å². The summed E-state index contributed by atoms with van der Waals surface area (Å²) in [6.45, 7) is 2.69. The van der Waals surface area contributed by atoms with Crippen LogP contribution in [0.4, 0.5) is 0 Å². The predicted octanol–water partition coefficient (Wildman–Crippen LogP) is 2.14. The summed E-state index contributed by atoms with van der Waals surface area (Å²) in [5.41, 5.74) is 1.50. The van der Waals surface area contributed by atoms with E-state index in [1.165, 1.54) is 6.07 Å². The van der Waals surface area contributed by atoms with E-state index in [4.69, 9.17) is 4.74 Å². The Morgan fingerprint density at radius 1 is 1.15 bits per heavy atom. The first kappa shape index (κ1) is 23.0. The Kier molecular flexibility index (Phi) is 6.78. The molecule has 1 fully saturated rings. The lowest BCUT2D eigenvalue weighted by molar-refractivity contribution is -0.148. The quantitative estimate of drug-likeness (QED) is 0.623. The van der Waals surface area contributed by atoms with E-state index >= 15 is 0 Å². The van der Waals surface area contributed by atoms with Crippen LogP contribution in [0.2, 0.25) is 0 Å². The van der Waals surface area contributed by atoms with Gasteiger partial charge in [0.2, 0.25) is 5.91 Å². The van der Waals surface area contributed by atoms with Crippen LogP contribution in [0.25, 0.3) is 0 Å². The Balaban J connectivity index is 1.47. The fraction of sp³-hybridized carbons (Fsp3) is 0.375. The average Bonchev–Trinajstić information content (AvgIpc) is 3.40. The molecule has 0 aromatic heterocycles. The molecule has 2 aromatic carbocycles. The SMILES string of the molecule is CCOC(=O)C(CNC(=O)[C@@H]1CCCN1C1=NS(=O)(=O)c2ccccc21)Cc1ccccc1. The molecule has 0 saturated carbocycles. The van der Waals surface area contributed by atoms with E-state index in [9.17, 15) is 18.0 Å². The maximum atomic E-state index is 13.1. The van der Waals surface area contributed by atoms with Crippen LogP contribution in [0.3, 0.4) is 0 Å². The van der Waals surface area contributed by atoms with Gasteiger partial charge >= 0.3 is 5.97 Å². The topological polar surface area (TPSA) is 105 Å². The molecule has 1 amide bonds. The van der Waals surface area contributed by atoms with E-state index in [0.29, 0.717) is 30.8 Å². The molecule has 2 heterocycles. The van der Waals surface area contributed by atoms with Crippen molar-refractivity contribution in [1.29, 1.82) is 0 Å². The van der Waals surface area contributed by atoms with Crippen molar-refractivity contribution in [3.63, 3.8) is 0 Å².